The molecule has 3 nitrogen and oxygen atoms in total. The molecule has 1 amide bonds. The molecule has 2 N–H and O–H groups in total. The highest BCUT2D eigenvalue weighted by molar-refractivity contribution is 6.33. The number of hydrogen-bond donors (Lipinski definition) is 2. The van der Waals surface area contributed by atoms with E-state index in [2.05, 4.69) is 5.32 Å². The summed E-state index contributed by atoms with van der Waals surface area (Å²) < 4.78 is 12.9. The van der Waals surface area contributed by atoms with Crippen LogP contribution in [0.4, 0.5) is 4.39 Å². The molecule has 0 heterocycles. The summed E-state index contributed by atoms with van der Waals surface area (Å²) in [6, 6.07) is 10.9. The quantitative estimate of drug-likeness (QED) is 0.910. The van der Waals surface area contributed by atoms with Gasteiger partial charge in [-0.2, -0.15) is 0 Å². The van der Waals surface area contributed by atoms with Crippen molar-refractivity contribution in [2.24, 2.45) is 0 Å². The van der Waals surface area contributed by atoms with E-state index in [4.69, 9.17) is 16.7 Å². The van der Waals surface area contributed by atoms with Gasteiger partial charge in [0.15, 0.2) is 0 Å². The number of hydrogen-bond acceptors (Lipinski definition) is 2. The largest absolute Gasteiger partial charge is 0.392 e. The highest BCUT2D eigenvalue weighted by Gasteiger charge is 2.10. The van der Waals surface area contributed by atoms with Crippen LogP contribution in [0.2, 0.25) is 5.02 Å². The fourth-order valence-electron chi connectivity index (χ4n) is 1.79. The van der Waals surface area contributed by atoms with Crippen LogP contribution in [0, 0.1) is 5.82 Å². The fourth-order valence-corrected chi connectivity index (χ4v) is 2.04. The van der Waals surface area contributed by atoms with Gasteiger partial charge in [-0.05, 0) is 29.3 Å². The second-order valence-electron chi connectivity index (χ2n) is 4.28. The average Bonchev–Trinajstić information content (AvgIpc) is 2.45. The molecule has 2 aromatic rings. The lowest BCUT2D eigenvalue weighted by molar-refractivity contribution is 0.0951. The Morgan fingerprint density at radius 2 is 1.95 bits per heavy atom. The van der Waals surface area contributed by atoms with Crippen molar-refractivity contribution in [3.63, 3.8) is 0 Å². The third-order valence-electron chi connectivity index (χ3n) is 2.80. The zero-order chi connectivity index (χ0) is 14.5. The van der Waals surface area contributed by atoms with Crippen LogP contribution in [0.25, 0.3) is 0 Å². The molecule has 5 heteroatoms. The molecule has 0 atom stereocenters. The summed E-state index contributed by atoms with van der Waals surface area (Å²) in [5, 5.41) is 11.8. The average molecular weight is 294 g/mol. The van der Waals surface area contributed by atoms with Gasteiger partial charge in [-0.3, -0.25) is 4.79 Å². The van der Waals surface area contributed by atoms with Crippen molar-refractivity contribution in [2.75, 3.05) is 0 Å². The SMILES string of the molecule is O=C(NCc1cccc(CO)c1)c1ccc(F)cc1Cl. The van der Waals surface area contributed by atoms with Gasteiger partial charge < -0.3 is 10.4 Å². The molecule has 0 aromatic heterocycles. The maximum Gasteiger partial charge on any atom is 0.253 e. The Morgan fingerprint density at radius 1 is 1.20 bits per heavy atom. The van der Waals surface area contributed by atoms with E-state index in [1.807, 2.05) is 6.07 Å². The van der Waals surface area contributed by atoms with E-state index in [-0.39, 0.29) is 23.1 Å². The number of amides is 1. The van der Waals surface area contributed by atoms with Crippen molar-refractivity contribution in [3.8, 4) is 0 Å². The smallest absolute Gasteiger partial charge is 0.253 e. The van der Waals surface area contributed by atoms with Gasteiger partial charge in [0.2, 0.25) is 0 Å². The van der Waals surface area contributed by atoms with Crippen LogP contribution in [0.3, 0.4) is 0 Å². The van der Waals surface area contributed by atoms with Crippen LogP contribution >= 0.6 is 11.6 Å². The van der Waals surface area contributed by atoms with E-state index < -0.39 is 5.82 Å². The van der Waals surface area contributed by atoms with Crippen molar-refractivity contribution in [1.82, 2.24) is 5.32 Å². The normalized spacial score (nSPS) is 10.3. The molecule has 0 unspecified atom stereocenters. The molecule has 0 saturated carbocycles. The topological polar surface area (TPSA) is 49.3 Å². The number of nitrogens with one attached hydrogen (secondary N) is 1. The maximum absolute atomic E-state index is 12.9. The van der Waals surface area contributed by atoms with Crippen LogP contribution in [-0.4, -0.2) is 11.0 Å². The molecule has 0 bridgehead atoms. The zero-order valence-corrected chi connectivity index (χ0v) is 11.3. The molecule has 20 heavy (non-hydrogen) atoms. The van der Waals surface area contributed by atoms with Crippen molar-refractivity contribution in [2.45, 2.75) is 13.2 Å². The Bertz CT molecular complexity index is 631. The second-order valence-corrected chi connectivity index (χ2v) is 4.69. The summed E-state index contributed by atoms with van der Waals surface area (Å²) in [6.45, 7) is 0.256. The number of benzene rings is 2. The lowest BCUT2D eigenvalue weighted by atomic mass is 10.1. The van der Waals surface area contributed by atoms with E-state index >= 15 is 0 Å². The predicted octanol–water partition coefficient (Wildman–Crippen LogP) is 2.90. The number of rotatable bonds is 4. The van der Waals surface area contributed by atoms with Gasteiger partial charge >= 0.3 is 0 Å². The third-order valence-corrected chi connectivity index (χ3v) is 3.12. The van der Waals surface area contributed by atoms with Crippen LogP contribution in [0.5, 0.6) is 0 Å². The van der Waals surface area contributed by atoms with Crippen molar-refractivity contribution in [3.05, 3.63) is 70.0 Å². The Morgan fingerprint density at radius 3 is 2.65 bits per heavy atom. The predicted molar refractivity (Wildman–Crippen MR) is 74.9 cm³/mol. The van der Waals surface area contributed by atoms with Gasteiger partial charge in [-0.25, -0.2) is 4.39 Å². The van der Waals surface area contributed by atoms with Crippen molar-refractivity contribution in [1.29, 1.82) is 0 Å². The summed E-state index contributed by atoms with van der Waals surface area (Å²) in [4.78, 5) is 11.9. The monoisotopic (exact) mass is 293 g/mol. The standard InChI is InChI=1S/C15H13ClFNO2/c16-14-7-12(17)4-5-13(14)15(20)18-8-10-2-1-3-11(6-10)9-19/h1-7,19H,8-9H2,(H,18,20). The van der Waals surface area contributed by atoms with Crippen LogP contribution < -0.4 is 5.32 Å². The zero-order valence-electron chi connectivity index (χ0n) is 10.6. The van der Waals surface area contributed by atoms with E-state index in [1.54, 1.807) is 18.2 Å². The van der Waals surface area contributed by atoms with E-state index in [0.29, 0.717) is 6.54 Å². The third kappa shape index (κ3) is 3.56. The van der Waals surface area contributed by atoms with E-state index in [9.17, 15) is 9.18 Å². The second kappa shape index (κ2) is 6.50. The first-order chi connectivity index (χ1) is 9.60. The Hall–Kier alpha value is -1.91. The Labute approximate surface area is 121 Å². The summed E-state index contributed by atoms with van der Waals surface area (Å²) in [6.07, 6.45) is 0. The van der Waals surface area contributed by atoms with Crippen LogP contribution in [0.15, 0.2) is 42.5 Å². The fraction of sp³-hybridized carbons (Fsp3) is 0.133. The summed E-state index contributed by atoms with van der Waals surface area (Å²) >= 11 is 5.82. The minimum atomic E-state index is -0.484. The minimum Gasteiger partial charge on any atom is -0.392 e. The number of halogens is 2. The van der Waals surface area contributed by atoms with E-state index in [1.165, 1.54) is 12.1 Å². The Balaban J connectivity index is 2.04. The molecule has 2 aromatic carbocycles. The number of aliphatic hydroxyl groups is 1. The molecule has 2 rings (SSSR count). The lowest BCUT2D eigenvalue weighted by Gasteiger charge is -2.08. The molecule has 0 radical (unpaired) electrons. The molecule has 0 spiro atoms. The summed E-state index contributed by atoms with van der Waals surface area (Å²) in [5.74, 6) is -0.855. The van der Waals surface area contributed by atoms with Gasteiger partial charge in [0.25, 0.3) is 5.91 Å². The molecule has 0 aliphatic heterocycles. The van der Waals surface area contributed by atoms with Gasteiger partial charge in [-0.15, -0.1) is 0 Å². The first kappa shape index (κ1) is 14.5. The molecule has 0 aliphatic carbocycles. The van der Waals surface area contributed by atoms with Gasteiger partial charge in [-0.1, -0.05) is 35.9 Å². The number of aliphatic hydroxyl groups excluding tert-OH is 1. The Kier molecular flexibility index (Phi) is 4.71. The molecular formula is C15H13ClFNO2. The maximum atomic E-state index is 12.9. The van der Waals surface area contributed by atoms with Gasteiger partial charge in [0.05, 0.1) is 17.2 Å². The molecule has 0 aliphatic rings. The van der Waals surface area contributed by atoms with Crippen molar-refractivity contribution >= 4 is 17.5 Å². The molecule has 0 saturated heterocycles. The number of carbonyl (C=O) groups is 1. The van der Waals surface area contributed by atoms with Gasteiger partial charge in [0.1, 0.15) is 5.82 Å². The van der Waals surface area contributed by atoms with Crippen LogP contribution in [-0.2, 0) is 13.2 Å². The summed E-state index contributed by atoms with van der Waals surface area (Å²) in [5.41, 5.74) is 1.87. The number of carbonyl (C=O) groups excluding carboxylic acids is 1. The van der Waals surface area contributed by atoms with Gasteiger partial charge in [0, 0.05) is 6.54 Å². The highest BCUT2D eigenvalue weighted by atomic mass is 35.5. The minimum absolute atomic E-state index is 0.0500. The molecule has 104 valence electrons. The van der Waals surface area contributed by atoms with Crippen molar-refractivity contribution < 1.29 is 14.3 Å². The first-order valence-electron chi connectivity index (χ1n) is 6.02. The lowest BCUT2D eigenvalue weighted by Crippen LogP contribution is -2.23. The summed E-state index contributed by atoms with van der Waals surface area (Å²) in [7, 11) is 0. The highest BCUT2D eigenvalue weighted by Crippen LogP contribution is 2.17. The molecular weight excluding hydrogens is 281 g/mol. The molecule has 0 fully saturated rings. The van der Waals surface area contributed by atoms with E-state index in [0.717, 1.165) is 17.2 Å². The first-order valence-corrected chi connectivity index (χ1v) is 6.40. The van der Waals surface area contributed by atoms with Crippen LogP contribution in [0.1, 0.15) is 21.5 Å².